The smallest absolute Gasteiger partial charge is 0.304 e. The highest BCUT2D eigenvalue weighted by atomic mass is 16.4. The largest absolute Gasteiger partial charge is 0.481 e. The summed E-state index contributed by atoms with van der Waals surface area (Å²) in [4.78, 5) is 15.2. The molecule has 0 spiro atoms. The summed E-state index contributed by atoms with van der Waals surface area (Å²) < 4.78 is 0. The number of carbonyl (C=O) groups is 1. The van der Waals surface area contributed by atoms with E-state index in [2.05, 4.69) is 34.1 Å². The van der Waals surface area contributed by atoms with E-state index >= 15 is 0 Å². The van der Waals surface area contributed by atoms with Crippen molar-refractivity contribution in [2.24, 2.45) is 0 Å². The van der Waals surface area contributed by atoms with Crippen molar-refractivity contribution < 1.29 is 9.90 Å². The number of carboxylic acid groups (broad SMARTS) is 1. The van der Waals surface area contributed by atoms with Crippen molar-refractivity contribution in [3.63, 3.8) is 0 Å². The summed E-state index contributed by atoms with van der Waals surface area (Å²) in [6.07, 6.45) is 0.249. The van der Waals surface area contributed by atoms with Gasteiger partial charge < -0.3 is 10.0 Å². The number of hydrogen-bond acceptors (Lipinski definition) is 3. The molecular formula is C14H20N2O2. The first kappa shape index (κ1) is 13.1. The maximum Gasteiger partial charge on any atom is 0.304 e. The van der Waals surface area contributed by atoms with Crippen molar-refractivity contribution >= 4 is 5.97 Å². The van der Waals surface area contributed by atoms with Crippen molar-refractivity contribution in [2.75, 3.05) is 32.7 Å². The molecular weight excluding hydrogens is 228 g/mol. The molecule has 98 valence electrons. The number of benzene rings is 1. The predicted molar refractivity (Wildman–Crippen MR) is 70.4 cm³/mol. The summed E-state index contributed by atoms with van der Waals surface area (Å²) in [6.45, 7) is 5.66. The Hall–Kier alpha value is -1.39. The van der Waals surface area contributed by atoms with Gasteiger partial charge in [0.05, 0.1) is 6.42 Å². The lowest BCUT2D eigenvalue weighted by atomic mass is 10.2. The highest BCUT2D eigenvalue weighted by molar-refractivity contribution is 5.66. The van der Waals surface area contributed by atoms with E-state index in [1.807, 2.05) is 6.07 Å². The van der Waals surface area contributed by atoms with Gasteiger partial charge in [0.2, 0.25) is 0 Å². The van der Waals surface area contributed by atoms with Crippen LogP contribution in [0.1, 0.15) is 12.0 Å². The van der Waals surface area contributed by atoms with Gasteiger partial charge in [-0.3, -0.25) is 9.69 Å². The molecule has 1 N–H and O–H groups in total. The zero-order valence-electron chi connectivity index (χ0n) is 10.6. The summed E-state index contributed by atoms with van der Waals surface area (Å²) in [5.41, 5.74) is 1.34. The van der Waals surface area contributed by atoms with Crippen molar-refractivity contribution in [2.45, 2.75) is 13.0 Å². The third-order valence-corrected chi connectivity index (χ3v) is 3.36. The number of carboxylic acids is 1. The second kappa shape index (κ2) is 6.52. The second-order valence-electron chi connectivity index (χ2n) is 4.75. The van der Waals surface area contributed by atoms with Crippen LogP contribution in [-0.2, 0) is 11.3 Å². The first-order valence-corrected chi connectivity index (χ1v) is 6.44. The molecule has 1 aromatic rings. The van der Waals surface area contributed by atoms with E-state index in [0.717, 1.165) is 32.7 Å². The lowest BCUT2D eigenvalue weighted by Gasteiger charge is -2.34. The molecule has 1 aromatic carbocycles. The second-order valence-corrected chi connectivity index (χ2v) is 4.75. The zero-order valence-corrected chi connectivity index (χ0v) is 10.6. The fourth-order valence-corrected chi connectivity index (χ4v) is 2.27. The van der Waals surface area contributed by atoms with Crippen molar-refractivity contribution in [3.8, 4) is 0 Å². The van der Waals surface area contributed by atoms with E-state index < -0.39 is 5.97 Å². The monoisotopic (exact) mass is 248 g/mol. The van der Waals surface area contributed by atoms with Gasteiger partial charge in [0.1, 0.15) is 0 Å². The van der Waals surface area contributed by atoms with E-state index in [1.165, 1.54) is 5.56 Å². The van der Waals surface area contributed by atoms with E-state index in [4.69, 9.17) is 5.11 Å². The molecule has 4 nitrogen and oxygen atoms in total. The molecule has 0 aliphatic carbocycles. The summed E-state index contributed by atoms with van der Waals surface area (Å²) in [6, 6.07) is 10.5. The zero-order chi connectivity index (χ0) is 12.8. The Kier molecular flexibility index (Phi) is 4.73. The standard InChI is InChI=1S/C14H20N2O2/c17-14(18)6-7-15-8-10-16(11-9-15)12-13-4-2-1-3-5-13/h1-5H,6-12H2,(H,17,18). The molecule has 1 fully saturated rings. The molecule has 0 amide bonds. The molecule has 1 heterocycles. The van der Waals surface area contributed by atoms with Crippen LogP contribution >= 0.6 is 0 Å². The van der Waals surface area contributed by atoms with Gasteiger partial charge in [-0.25, -0.2) is 0 Å². The molecule has 0 bridgehead atoms. The Balaban J connectivity index is 1.72. The minimum Gasteiger partial charge on any atom is -0.481 e. The molecule has 0 unspecified atom stereocenters. The molecule has 18 heavy (non-hydrogen) atoms. The summed E-state index contributed by atoms with van der Waals surface area (Å²) in [5, 5.41) is 8.65. The Morgan fingerprint density at radius 1 is 1.06 bits per heavy atom. The Bertz CT molecular complexity index is 373. The minimum absolute atomic E-state index is 0.249. The fourth-order valence-electron chi connectivity index (χ4n) is 2.27. The minimum atomic E-state index is -0.707. The molecule has 1 aliphatic heterocycles. The summed E-state index contributed by atoms with van der Waals surface area (Å²) in [5.74, 6) is -0.707. The van der Waals surface area contributed by atoms with Gasteiger partial charge in [-0.1, -0.05) is 30.3 Å². The number of aliphatic carboxylic acids is 1. The van der Waals surface area contributed by atoms with Crippen LogP contribution in [0.4, 0.5) is 0 Å². The van der Waals surface area contributed by atoms with Crippen LogP contribution < -0.4 is 0 Å². The topological polar surface area (TPSA) is 43.8 Å². The van der Waals surface area contributed by atoms with Crippen LogP contribution in [0.2, 0.25) is 0 Å². The molecule has 0 saturated carbocycles. The highest BCUT2D eigenvalue weighted by Crippen LogP contribution is 2.08. The predicted octanol–water partition coefficient (Wildman–Crippen LogP) is 1.28. The maximum atomic E-state index is 10.5. The Labute approximate surface area is 108 Å². The van der Waals surface area contributed by atoms with Crippen LogP contribution in [0.25, 0.3) is 0 Å². The Morgan fingerprint density at radius 3 is 2.28 bits per heavy atom. The van der Waals surface area contributed by atoms with Crippen LogP contribution in [0, 0.1) is 0 Å². The SMILES string of the molecule is O=C(O)CCN1CCN(Cc2ccccc2)CC1. The summed E-state index contributed by atoms with van der Waals surface area (Å²) >= 11 is 0. The van der Waals surface area contributed by atoms with E-state index in [0.29, 0.717) is 6.54 Å². The quantitative estimate of drug-likeness (QED) is 0.852. The van der Waals surface area contributed by atoms with Crippen LogP contribution in [0.5, 0.6) is 0 Å². The van der Waals surface area contributed by atoms with E-state index in [1.54, 1.807) is 0 Å². The number of nitrogens with zero attached hydrogens (tertiary/aromatic N) is 2. The third-order valence-electron chi connectivity index (χ3n) is 3.36. The molecule has 1 aliphatic rings. The van der Waals surface area contributed by atoms with Crippen molar-refractivity contribution in [1.82, 2.24) is 9.80 Å². The third kappa shape index (κ3) is 4.13. The van der Waals surface area contributed by atoms with Gasteiger partial charge in [-0.2, -0.15) is 0 Å². The van der Waals surface area contributed by atoms with Gasteiger partial charge >= 0.3 is 5.97 Å². The summed E-state index contributed by atoms with van der Waals surface area (Å²) in [7, 11) is 0. The van der Waals surface area contributed by atoms with Crippen molar-refractivity contribution in [1.29, 1.82) is 0 Å². The maximum absolute atomic E-state index is 10.5. The van der Waals surface area contributed by atoms with Gasteiger partial charge in [0, 0.05) is 39.3 Å². The van der Waals surface area contributed by atoms with E-state index in [-0.39, 0.29) is 6.42 Å². The lowest BCUT2D eigenvalue weighted by Crippen LogP contribution is -2.46. The van der Waals surface area contributed by atoms with Gasteiger partial charge in [0.15, 0.2) is 0 Å². The number of rotatable bonds is 5. The molecule has 0 radical (unpaired) electrons. The lowest BCUT2D eigenvalue weighted by molar-refractivity contribution is -0.137. The van der Waals surface area contributed by atoms with Crippen LogP contribution in [0.3, 0.4) is 0 Å². The van der Waals surface area contributed by atoms with Gasteiger partial charge in [-0.15, -0.1) is 0 Å². The first-order valence-electron chi connectivity index (χ1n) is 6.44. The van der Waals surface area contributed by atoms with Crippen LogP contribution in [0.15, 0.2) is 30.3 Å². The van der Waals surface area contributed by atoms with Crippen LogP contribution in [-0.4, -0.2) is 53.6 Å². The fraction of sp³-hybridized carbons (Fsp3) is 0.500. The average molecular weight is 248 g/mol. The molecule has 0 atom stereocenters. The molecule has 1 saturated heterocycles. The highest BCUT2D eigenvalue weighted by Gasteiger charge is 2.17. The molecule has 4 heteroatoms. The number of hydrogen-bond donors (Lipinski definition) is 1. The van der Waals surface area contributed by atoms with Crippen molar-refractivity contribution in [3.05, 3.63) is 35.9 Å². The normalized spacial score (nSPS) is 17.8. The van der Waals surface area contributed by atoms with Gasteiger partial charge in [-0.05, 0) is 5.56 Å². The molecule has 0 aromatic heterocycles. The Morgan fingerprint density at radius 2 is 1.67 bits per heavy atom. The van der Waals surface area contributed by atoms with E-state index in [9.17, 15) is 4.79 Å². The molecule has 2 rings (SSSR count). The number of piperazine rings is 1. The average Bonchev–Trinajstić information content (AvgIpc) is 2.39. The first-order chi connectivity index (χ1) is 8.74. The van der Waals surface area contributed by atoms with Gasteiger partial charge in [0.25, 0.3) is 0 Å².